The molecule has 6 fully saturated rings. The van der Waals surface area contributed by atoms with Crippen LogP contribution in [-0.2, 0) is 9.53 Å². The van der Waals surface area contributed by atoms with Crippen molar-refractivity contribution in [3.05, 3.63) is 0 Å². The van der Waals surface area contributed by atoms with Crippen LogP contribution in [0.3, 0.4) is 0 Å². The van der Waals surface area contributed by atoms with Crippen molar-refractivity contribution in [1.82, 2.24) is 0 Å². The van der Waals surface area contributed by atoms with E-state index in [-0.39, 0.29) is 22.9 Å². The smallest absolute Gasteiger partial charge is 0.305 e. The number of aliphatic hydroxyl groups is 2. The van der Waals surface area contributed by atoms with E-state index in [9.17, 15) is 15.0 Å². The molecule has 5 aliphatic carbocycles. The second kappa shape index (κ2) is 6.00. The predicted octanol–water partition coefficient (Wildman–Crippen LogP) is 3.93. The Morgan fingerprint density at radius 1 is 1.03 bits per heavy atom. The number of carbonyl (C=O) groups excluding carboxylic acids is 1. The summed E-state index contributed by atoms with van der Waals surface area (Å²) in [5.41, 5.74) is -0.636. The van der Waals surface area contributed by atoms with Crippen molar-refractivity contribution in [1.29, 1.82) is 0 Å². The zero-order chi connectivity index (χ0) is 20.2. The molecular weight excluding hydrogens is 364 g/mol. The van der Waals surface area contributed by atoms with E-state index in [2.05, 4.69) is 13.8 Å². The molecule has 4 nitrogen and oxygen atoms in total. The quantitative estimate of drug-likeness (QED) is 0.603. The summed E-state index contributed by atoms with van der Waals surface area (Å²) in [6, 6.07) is 0. The molecular formula is C25H38O4. The van der Waals surface area contributed by atoms with E-state index in [1.165, 1.54) is 12.8 Å². The Balaban J connectivity index is 1.38. The van der Waals surface area contributed by atoms with Crippen molar-refractivity contribution in [2.75, 3.05) is 6.61 Å². The van der Waals surface area contributed by atoms with Crippen LogP contribution in [0.1, 0.15) is 78.1 Å². The highest BCUT2D eigenvalue weighted by Gasteiger charge is 2.75. The number of carbonyl (C=O) groups is 1. The van der Waals surface area contributed by atoms with Gasteiger partial charge in [-0.25, -0.2) is 0 Å². The lowest BCUT2D eigenvalue weighted by atomic mass is 9.42. The van der Waals surface area contributed by atoms with Crippen molar-refractivity contribution in [3.63, 3.8) is 0 Å². The summed E-state index contributed by atoms with van der Waals surface area (Å²) in [5.74, 6) is 4.48. The van der Waals surface area contributed by atoms with Gasteiger partial charge >= 0.3 is 5.97 Å². The van der Waals surface area contributed by atoms with Gasteiger partial charge in [0, 0.05) is 18.3 Å². The minimum Gasteiger partial charge on any atom is -0.465 e. The maximum absolute atomic E-state index is 12.2. The second-order valence-corrected chi connectivity index (χ2v) is 12.4. The zero-order valence-electron chi connectivity index (χ0n) is 18.1. The highest BCUT2D eigenvalue weighted by molar-refractivity contribution is 5.69. The molecule has 0 aromatic rings. The monoisotopic (exact) mass is 402 g/mol. The first-order valence-electron chi connectivity index (χ1n) is 12.3. The summed E-state index contributed by atoms with van der Waals surface area (Å²) in [7, 11) is 0. The van der Waals surface area contributed by atoms with Crippen LogP contribution in [0.4, 0.5) is 0 Å². The van der Waals surface area contributed by atoms with Crippen molar-refractivity contribution >= 4 is 5.97 Å². The van der Waals surface area contributed by atoms with Crippen molar-refractivity contribution in [2.24, 2.45) is 52.3 Å². The van der Waals surface area contributed by atoms with Crippen molar-refractivity contribution in [2.45, 2.75) is 89.8 Å². The van der Waals surface area contributed by atoms with Crippen LogP contribution < -0.4 is 0 Å². The molecule has 11 atom stereocenters. The molecule has 6 aliphatic rings. The molecule has 6 rings (SSSR count). The number of ether oxygens (including phenoxy) is 1. The zero-order valence-corrected chi connectivity index (χ0v) is 18.1. The summed E-state index contributed by atoms with van der Waals surface area (Å²) < 4.78 is 5.83. The van der Waals surface area contributed by atoms with Gasteiger partial charge in [-0.2, -0.15) is 0 Å². The van der Waals surface area contributed by atoms with Gasteiger partial charge in [-0.15, -0.1) is 0 Å². The van der Waals surface area contributed by atoms with E-state index >= 15 is 0 Å². The number of rotatable bonds is 0. The van der Waals surface area contributed by atoms with E-state index in [1.54, 1.807) is 0 Å². The van der Waals surface area contributed by atoms with Crippen LogP contribution in [0, 0.1) is 52.3 Å². The minimum atomic E-state index is -0.671. The molecule has 4 heteroatoms. The normalized spacial score (nSPS) is 61.0. The molecule has 0 amide bonds. The highest BCUT2D eigenvalue weighted by atomic mass is 16.5. The molecule has 3 unspecified atom stereocenters. The number of cyclic esters (lactones) is 1. The number of fused-ring (bicyclic) bond motifs is 10. The standard InChI is InChI=1S/C25H38O4/c1-23-8-7-18-21(22(23)16-10-14(16)4-3-5-20(27)29-13-23)17-11-19(17)25(28)12-15(26)6-9-24(18,25)2/h14-19,21-22,26,28H,3-13H2,1-2H3/t14-,15-,16+,17-,18?,19+,21?,22?,23+,24+,25+/m0/s1. The molecule has 1 heterocycles. The molecule has 0 aromatic carbocycles. The van der Waals surface area contributed by atoms with Gasteiger partial charge in [0.15, 0.2) is 0 Å². The van der Waals surface area contributed by atoms with E-state index in [0.717, 1.165) is 50.4 Å². The Morgan fingerprint density at radius 3 is 2.69 bits per heavy atom. The Bertz CT molecular complexity index is 722. The van der Waals surface area contributed by atoms with Crippen LogP contribution >= 0.6 is 0 Å². The van der Waals surface area contributed by atoms with Crippen LogP contribution in [-0.4, -0.2) is 34.5 Å². The Labute approximate surface area is 174 Å². The Morgan fingerprint density at radius 2 is 1.86 bits per heavy atom. The average Bonchev–Trinajstić information content (AvgIpc) is 3.57. The molecule has 1 aliphatic heterocycles. The number of hydrogen-bond acceptors (Lipinski definition) is 4. The third-order valence-electron chi connectivity index (χ3n) is 11.0. The van der Waals surface area contributed by atoms with Gasteiger partial charge in [0.05, 0.1) is 18.3 Å². The molecule has 1 saturated heterocycles. The first-order valence-corrected chi connectivity index (χ1v) is 12.3. The van der Waals surface area contributed by atoms with Crippen LogP contribution in [0.2, 0.25) is 0 Å². The fraction of sp³-hybridized carbons (Fsp3) is 0.960. The SMILES string of the molecule is C[C@]12CCC3C(C1[C@@H]1C[C@@H]1CCCC(=O)OC2)[C@H]1C[C@H]1[C@]1(O)C[C@@H](O)CC[C@]31C. The fourth-order valence-corrected chi connectivity index (χ4v) is 9.35. The summed E-state index contributed by atoms with van der Waals surface area (Å²) >= 11 is 0. The van der Waals surface area contributed by atoms with Gasteiger partial charge in [0.1, 0.15) is 0 Å². The summed E-state index contributed by atoms with van der Waals surface area (Å²) in [5, 5.41) is 22.3. The van der Waals surface area contributed by atoms with Gasteiger partial charge in [0.2, 0.25) is 0 Å². The largest absolute Gasteiger partial charge is 0.465 e. The molecule has 162 valence electrons. The lowest BCUT2D eigenvalue weighted by Gasteiger charge is -2.64. The first-order chi connectivity index (χ1) is 13.8. The molecule has 0 bridgehead atoms. The summed E-state index contributed by atoms with van der Waals surface area (Å²) in [6.07, 6.45) is 9.55. The van der Waals surface area contributed by atoms with Gasteiger partial charge in [-0.1, -0.05) is 13.8 Å². The molecule has 5 saturated carbocycles. The third-order valence-corrected chi connectivity index (χ3v) is 11.0. The Hall–Kier alpha value is -0.610. The summed E-state index contributed by atoms with van der Waals surface area (Å²) in [6.45, 7) is 5.36. The maximum Gasteiger partial charge on any atom is 0.305 e. The van der Waals surface area contributed by atoms with E-state index < -0.39 is 5.60 Å². The average molecular weight is 403 g/mol. The molecule has 0 spiro atoms. The first kappa shape index (κ1) is 19.1. The van der Waals surface area contributed by atoms with E-state index in [1.807, 2.05) is 0 Å². The van der Waals surface area contributed by atoms with E-state index in [4.69, 9.17) is 4.74 Å². The second-order valence-electron chi connectivity index (χ2n) is 12.4. The van der Waals surface area contributed by atoms with Gasteiger partial charge in [-0.05, 0) is 98.2 Å². The topological polar surface area (TPSA) is 66.8 Å². The fourth-order valence-electron chi connectivity index (χ4n) is 9.35. The van der Waals surface area contributed by atoms with Crippen molar-refractivity contribution in [3.8, 4) is 0 Å². The third kappa shape index (κ3) is 2.54. The van der Waals surface area contributed by atoms with Gasteiger partial charge < -0.3 is 14.9 Å². The van der Waals surface area contributed by atoms with E-state index in [0.29, 0.717) is 49.0 Å². The summed E-state index contributed by atoms with van der Waals surface area (Å²) in [4.78, 5) is 12.2. The van der Waals surface area contributed by atoms with Crippen LogP contribution in [0.25, 0.3) is 0 Å². The highest BCUT2D eigenvalue weighted by Crippen LogP contribution is 2.76. The molecule has 2 N–H and O–H groups in total. The lowest BCUT2D eigenvalue weighted by Crippen LogP contribution is -2.65. The minimum absolute atomic E-state index is 0.00162. The molecule has 0 aromatic heterocycles. The molecule has 29 heavy (non-hydrogen) atoms. The molecule has 0 radical (unpaired) electrons. The van der Waals surface area contributed by atoms with Gasteiger partial charge in [0.25, 0.3) is 0 Å². The predicted molar refractivity (Wildman–Crippen MR) is 109 cm³/mol. The number of aliphatic hydroxyl groups excluding tert-OH is 1. The lowest BCUT2D eigenvalue weighted by molar-refractivity contribution is -0.231. The van der Waals surface area contributed by atoms with Crippen molar-refractivity contribution < 1.29 is 19.7 Å². The maximum atomic E-state index is 12.2. The van der Waals surface area contributed by atoms with Crippen LogP contribution in [0.5, 0.6) is 0 Å². The van der Waals surface area contributed by atoms with Crippen LogP contribution in [0.15, 0.2) is 0 Å². The number of esters is 1. The van der Waals surface area contributed by atoms with Gasteiger partial charge in [-0.3, -0.25) is 4.79 Å². The number of hydrogen-bond donors (Lipinski definition) is 2. The Kier molecular flexibility index (Phi) is 3.95.